The Balaban J connectivity index is 1.73. The Hall–Kier alpha value is -1.08. The number of carbonyl (C=O) groups is 2. The zero-order chi connectivity index (χ0) is 17.2. The molecule has 0 fully saturated rings. The van der Waals surface area contributed by atoms with Crippen LogP contribution in [0.5, 0.6) is 0 Å². The van der Waals surface area contributed by atoms with Gasteiger partial charge in [-0.15, -0.1) is 0 Å². The lowest BCUT2D eigenvalue weighted by Crippen LogP contribution is -2.43. The summed E-state index contributed by atoms with van der Waals surface area (Å²) in [6.07, 6.45) is 0. The molecule has 0 radical (unpaired) electrons. The molecule has 2 aromatic rings. The molecule has 8 heteroatoms. The first-order valence-corrected chi connectivity index (χ1v) is 9.32. The van der Waals surface area contributed by atoms with E-state index in [9.17, 15) is 9.59 Å². The summed E-state index contributed by atoms with van der Waals surface area (Å²) in [7, 11) is 0. The fraction of sp³-hybridized carbons (Fsp3) is 0.125. The first kappa shape index (κ1) is 16.4. The van der Waals surface area contributed by atoms with Crippen molar-refractivity contribution in [3.05, 3.63) is 54.4 Å². The number of fused-ring (bicyclic) bond motifs is 2. The number of nitrogens with one attached hydrogen (secondary N) is 2. The maximum Gasteiger partial charge on any atom is 0.191 e. The van der Waals surface area contributed by atoms with Crippen molar-refractivity contribution in [2.24, 2.45) is 0 Å². The summed E-state index contributed by atoms with van der Waals surface area (Å²) in [6, 6.07) is 5.58. The lowest BCUT2D eigenvalue weighted by Gasteiger charge is -2.17. The van der Waals surface area contributed by atoms with Crippen LogP contribution in [0, 0.1) is 0 Å². The van der Waals surface area contributed by atoms with E-state index in [-0.39, 0.29) is 11.6 Å². The Morgan fingerprint density at radius 2 is 1.12 bits per heavy atom. The van der Waals surface area contributed by atoms with Gasteiger partial charge in [0, 0.05) is 20.3 Å². The van der Waals surface area contributed by atoms with E-state index in [2.05, 4.69) is 42.5 Å². The minimum absolute atomic E-state index is 0.217. The zero-order valence-electron chi connectivity index (χ0n) is 11.8. The number of hydrogen-bond donors (Lipinski definition) is 2. The van der Waals surface area contributed by atoms with Crippen LogP contribution in [0.25, 0.3) is 0 Å². The predicted octanol–water partition coefficient (Wildman–Crippen LogP) is 5.17. The van der Waals surface area contributed by atoms with Crippen molar-refractivity contribution in [3.8, 4) is 0 Å². The quantitative estimate of drug-likeness (QED) is 0.579. The molecule has 4 rings (SSSR count). The molecule has 0 bridgehead atoms. The summed E-state index contributed by atoms with van der Waals surface area (Å²) < 4.78 is 1.28. The van der Waals surface area contributed by atoms with Gasteiger partial charge in [-0.1, -0.05) is 23.2 Å². The number of halogens is 4. The van der Waals surface area contributed by atoms with Crippen LogP contribution in [0.15, 0.2) is 33.2 Å². The van der Waals surface area contributed by atoms with Gasteiger partial charge < -0.3 is 10.6 Å². The van der Waals surface area contributed by atoms with Gasteiger partial charge in [-0.25, -0.2) is 0 Å². The predicted molar refractivity (Wildman–Crippen MR) is 102 cm³/mol. The minimum Gasteiger partial charge on any atom is -0.372 e. The Labute approximate surface area is 164 Å². The maximum absolute atomic E-state index is 12.8. The van der Waals surface area contributed by atoms with E-state index in [4.69, 9.17) is 23.2 Å². The summed E-state index contributed by atoms with van der Waals surface area (Å²) in [5.74, 6) is -0.435. The molecule has 0 saturated heterocycles. The Kier molecular flexibility index (Phi) is 3.91. The summed E-state index contributed by atoms with van der Waals surface area (Å²) in [5, 5.41) is 6.89. The lowest BCUT2D eigenvalue weighted by molar-refractivity contribution is 0.0905. The van der Waals surface area contributed by atoms with E-state index in [0.717, 1.165) is 0 Å². The van der Waals surface area contributed by atoms with Gasteiger partial charge in [-0.2, -0.15) is 0 Å². The molecule has 0 amide bonds. The van der Waals surface area contributed by atoms with Gasteiger partial charge in [0.2, 0.25) is 0 Å². The van der Waals surface area contributed by atoms with Crippen LogP contribution in [-0.2, 0) is 0 Å². The highest BCUT2D eigenvalue weighted by Gasteiger charge is 2.45. The van der Waals surface area contributed by atoms with Crippen LogP contribution in [-0.4, -0.2) is 23.7 Å². The SMILES string of the molecule is O=C1c2c(ccc(Br)c2Cl)NC1C1Nc2ccc(Br)c(Cl)c2C1=O. The van der Waals surface area contributed by atoms with Gasteiger partial charge >= 0.3 is 0 Å². The largest absolute Gasteiger partial charge is 0.372 e. The zero-order valence-corrected chi connectivity index (χ0v) is 16.5. The first-order chi connectivity index (χ1) is 11.4. The van der Waals surface area contributed by atoms with E-state index in [1.54, 1.807) is 24.3 Å². The Morgan fingerprint density at radius 1 is 0.750 bits per heavy atom. The number of anilines is 2. The molecule has 2 aliphatic heterocycles. The molecule has 0 saturated carbocycles. The average Bonchev–Trinajstić information content (AvgIpc) is 3.05. The second kappa shape index (κ2) is 5.73. The van der Waals surface area contributed by atoms with Crippen molar-refractivity contribution in [1.29, 1.82) is 0 Å². The Morgan fingerprint density at radius 3 is 1.50 bits per heavy atom. The van der Waals surface area contributed by atoms with Gasteiger partial charge in [0.25, 0.3) is 0 Å². The number of Topliss-reactive ketones (excluding diaryl/α,β-unsaturated/α-hetero) is 2. The highest BCUT2D eigenvalue weighted by Crippen LogP contribution is 2.42. The monoisotopic (exact) mass is 488 g/mol. The standard InChI is InChI=1S/C16H8Br2Cl2N2O2/c17-5-1-3-7-9(11(5)19)15(23)13(21-7)14-16(24)10-8(22-14)4-2-6(18)12(10)20/h1-4,13-14,21-22H. The van der Waals surface area contributed by atoms with Crippen LogP contribution in [0.1, 0.15) is 20.7 Å². The molecule has 2 aromatic carbocycles. The molecule has 2 N–H and O–H groups in total. The van der Waals surface area contributed by atoms with E-state index in [1.165, 1.54) is 0 Å². The molecule has 0 aromatic heterocycles. The second-order valence-corrected chi connectivity index (χ2v) is 8.00. The van der Waals surface area contributed by atoms with Crippen LogP contribution in [0.2, 0.25) is 10.0 Å². The number of ketones is 2. The lowest BCUT2D eigenvalue weighted by atomic mass is 9.98. The van der Waals surface area contributed by atoms with Crippen molar-refractivity contribution < 1.29 is 9.59 Å². The third-order valence-corrected chi connectivity index (χ3v) is 6.77. The van der Waals surface area contributed by atoms with Gasteiger partial charge in [0.15, 0.2) is 11.6 Å². The normalized spacial score (nSPS) is 21.3. The molecular weight excluding hydrogens is 483 g/mol. The number of benzene rings is 2. The van der Waals surface area contributed by atoms with Crippen LogP contribution in [0.3, 0.4) is 0 Å². The van der Waals surface area contributed by atoms with E-state index in [0.29, 0.717) is 41.5 Å². The van der Waals surface area contributed by atoms with Crippen molar-refractivity contribution in [2.45, 2.75) is 12.1 Å². The van der Waals surface area contributed by atoms with E-state index >= 15 is 0 Å². The molecule has 2 aliphatic rings. The summed E-state index contributed by atoms with van der Waals surface area (Å²) in [4.78, 5) is 25.6. The Bertz CT molecular complexity index is 857. The van der Waals surface area contributed by atoms with Crippen LogP contribution < -0.4 is 10.6 Å². The third kappa shape index (κ3) is 2.24. The number of rotatable bonds is 1. The number of hydrogen-bond acceptors (Lipinski definition) is 4. The van der Waals surface area contributed by atoms with Crippen LogP contribution in [0.4, 0.5) is 11.4 Å². The van der Waals surface area contributed by atoms with Crippen molar-refractivity contribution in [3.63, 3.8) is 0 Å². The average molecular weight is 491 g/mol. The smallest absolute Gasteiger partial charge is 0.191 e. The highest BCUT2D eigenvalue weighted by molar-refractivity contribution is 9.10. The van der Waals surface area contributed by atoms with E-state index in [1.807, 2.05) is 0 Å². The summed E-state index contributed by atoms with van der Waals surface area (Å²) >= 11 is 19.1. The van der Waals surface area contributed by atoms with Gasteiger partial charge in [-0.3, -0.25) is 9.59 Å². The third-order valence-electron chi connectivity index (χ3n) is 4.20. The number of carbonyl (C=O) groups excluding carboxylic acids is 2. The maximum atomic E-state index is 12.8. The molecule has 0 aliphatic carbocycles. The molecule has 2 heterocycles. The molecule has 2 atom stereocenters. The molecular formula is C16H8Br2Cl2N2O2. The topological polar surface area (TPSA) is 58.2 Å². The van der Waals surface area contributed by atoms with Gasteiger partial charge in [-0.05, 0) is 56.1 Å². The van der Waals surface area contributed by atoms with Crippen LogP contribution >= 0.6 is 55.1 Å². The van der Waals surface area contributed by atoms with Crippen molar-refractivity contribution in [2.75, 3.05) is 10.6 Å². The molecule has 4 nitrogen and oxygen atoms in total. The molecule has 0 spiro atoms. The molecule has 122 valence electrons. The first-order valence-electron chi connectivity index (χ1n) is 6.97. The van der Waals surface area contributed by atoms with Crippen molar-refractivity contribution >= 4 is 78.0 Å². The summed E-state index contributed by atoms with van der Waals surface area (Å²) in [5.41, 5.74) is 2.04. The minimum atomic E-state index is -0.735. The van der Waals surface area contributed by atoms with Gasteiger partial charge in [0.1, 0.15) is 12.1 Å². The second-order valence-electron chi connectivity index (χ2n) is 5.54. The summed E-state index contributed by atoms with van der Waals surface area (Å²) in [6.45, 7) is 0. The van der Waals surface area contributed by atoms with Gasteiger partial charge in [0.05, 0.1) is 21.2 Å². The fourth-order valence-electron chi connectivity index (χ4n) is 3.07. The van der Waals surface area contributed by atoms with Crippen molar-refractivity contribution in [1.82, 2.24) is 0 Å². The highest BCUT2D eigenvalue weighted by atomic mass is 79.9. The molecule has 2 unspecified atom stereocenters. The molecule has 24 heavy (non-hydrogen) atoms. The fourth-order valence-corrected chi connectivity index (χ4v) is 4.25. The van der Waals surface area contributed by atoms with E-state index < -0.39 is 12.1 Å².